The molecule has 0 atom stereocenters. The van der Waals surface area contributed by atoms with Gasteiger partial charge in [-0.05, 0) is 137 Å². The van der Waals surface area contributed by atoms with Gasteiger partial charge in [-0.15, -0.1) is 0 Å². The number of hydrogen-bond donors (Lipinski definition) is 0. The van der Waals surface area contributed by atoms with Gasteiger partial charge in [0, 0.05) is 11.1 Å². The number of aromatic nitrogens is 1. The van der Waals surface area contributed by atoms with Crippen molar-refractivity contribution in [2.45, 2.75) is 5.41 Å². The van der Waals surface area contributed by atoms with Crippen LogP contribution in [0.3, 0.4) is 0 Å². The fourth-order valence-electron chi connectivity index (χ4n) is 11.0. The summed E-state index contributed by atoms with van der Waals surface area (Å²) in [4.78, 5) is 5.33. The van der Waals surface area contributed by atoms with Crippen molar-refractivity contribution in [3.63, 3.8) is 0 Å². The molecule has 10 aromatic carbocycles. The summed E-state index contributed by atoms with van der Waals surface area (Å²) >= 11 is 0. The Morgan fingerprint density at radius 2 is 0.582 bits per heavy atom. The third-order valence-corrected chi connectivity index (χ3v) is 14.1. The average Bonchev–Trinajstić information content (AvgIpc) is 3.88. The van der Waals surface area contributed by atoms with Gasteiger partial charge in [-0.3, -0.25) is 0 Å². The predicted molar refractivity (Wildman–Crippen MR) is 279 cm³/mol. The lowest BCUT2D eigenvalue weighted by atomic mass is 9.70. The second kappa shape index (κ2) is 15.8. The molecule has 1 heterocycles. The number of pyridine rings is 1. The molecule has 0 bridgehead atoms. The fraction of sp³-hybridized carbons (Fsp3) is 0.0152. The van der Waals surface area contributed by atoms with Crippen molar-refractivity contribution in [3.05, 3.63) is 283 Å². The number of fused-ring (bicyclic) bond motifs is 10. The predicted octanol–water partition coefficient (Wildman–Crippen LogP) is 17.1. The van der Waals surface area contributed by atoms with Crippen molar-refractivity contribution < 1.29 is 0 Å². The van der Waals surface area contributed by atoms with E-state index in [0.29, 0.717) is 0 Å². The monoisotopic (exact) mass is 849 g/mol. The molecule has 0 radical (unpaired) electrons. The molecule has 312 valence electrons. The highest BCUT2D eigenvalue weighted by Crippen LogP contribution is 2.63. The fourth-order valence-corrected chi connectivity index (χ4v) is 11.0. The number of rotatable bonds is 7. The van der Waals surface area contributed by atoms with Gasteiger partial charge in [-0.2, -0.15) is 0 Å². The summed E-state index contributed by atoms with van der Waals surface area (Å²) in [6.07, 6.45) is 0. The van der Waals surface area contributed by atoms with E-state index in [9.17, 15) is 0 Å². The second-order valence-corrected chi connectivity index (χ2v) is 17.8. The molecule has 0 N–H and O–H groups in total. The standard InChI is InChI=1S/C66H43N/c1-4-18-44(19-5-1)45-34-36-46(37-35-45)53-40-64(48-22-8-3-9-23-48)67-65(41-53)52-27-17-25-50(39-52)49-24-16-26-51(38-49)58-43-63-59(42-57(58)47-20-6-2-7-21-47)56-30-12-15-33-62(56)66(63)60-31-13-10-28-54(60)55-29-11-14-32-61(55)66/h1-43H. The highest BCUT2D eigenvalue weighted by molar-refractivity contribution is 5.99. The van der Waals surface area contributed by atoms with E-state index < -0.39 is 5.41 Å². The smallest absolute Gasteiger partial charge is 0.0725 e. The maximum Gasteiger partial charge on any atom is 0.0725 e. The SMILES string of the molecule is c1ccc(-c2ccc(-c3cc(-c4ccccc4)nc(-c4cccc(-c5cccc(-c6cc7c(cc6-c6ccccc6)-c6ccccc6C76c7ccccc7-c7ccccc76)c5)c4)c3)cc2)cc1. The minimum atomic E-state index is -0.431. The molecule has 1 aromatic heterocycles. The summed E-state index contributed by atoms with van der Waals surface area (Å²) in [5, 5.41) is 0. The van der Waals surface area contributed by atoms with E-state index in [4.69, 9.17) is 4.98 Å². The van der Waals surface area contributed by atoms with Crippen LogP contribution < -0.4 is 0 Å². The minimum Gasteiger partial charge on any atom is -0.248 e. The Hall–Kier alpha value is -8.65. The van der Waals surface area contributed by atoms with Crippen LogP contribution in [0.1, 0.15) is 22.3 Å². The van der Waals surface area contributed by atoms with Crippen LogP contribution in [0, 0.1) is 0 Å². The molecule has 1 spiro atoms. The maximum atomic E-state index is 5.33. The summed E-state index contributed by atoms with van der Waals surface area (Å²) in [6, 6.07) is 95.5. The Morgan fingerprint density at radius 1 is 0.194 bits per heavy atom. The van der Waals surface area contributed by atoms with E-state index in [2.05, 4.69) is 261 Å². The van der Waals surface area contributed by atoms with E-state index in [-0.39, 0.29) is 0 Å². The molecule has 0 fully saturated rings. The van der Waals surface area contributed by atoms with Crippen LogP contribution in [0.15, 0.2) is 261 Å². The molecule has 2 aliphatic carbocycles. The van der Waals surface area contributed by atoms with Crippen LogP contribution >= 0.6 is 0 Å². The largest absolute Gasteiger partial charge is 0.248 e. The van der Waals surface area contributed by atoms with Crippen molar-refractivity contribution in [1.29, 1.82) is 0 Å². The van der Waals surface area contributed by atoms with E-state index in [1.165, 1.54) is 77.9 Å². The first-order valence-electron chi connectivity index (χ1n) is 23.2. The molecule has 1 heteroatoms. The van der Waals surface area contributed by atoms with E-state index in [1.807, 2.05) is 0 Å². The lowest BCUT2D eigenvalue weighted by molar-refractivity contribution is 0.794. The lowest BCUT2D eigenvalue weighted by Gasteiger charge is -2.31. The zero-order valence-electron chi connectivity index (χ0n) is 36.8. The molecule has 2 aliphatic rings. The summed E-state index contributed by atoms with van der Waals surface area (Å²) in [7, 11) is 0. The second-order valence-electron chi connectivity index (χ2n) is 17.8. The van der Waals surface area contributed by atoms with Gasteiger partial charge in [-0.1, -0.05) is 224 Å². The molecule has 0 aliphatic heterocycles. The number of benzene rings is 10. The van der Waals surface area contributed by atoms with Crippen LogP contribution in [-0.2, 0) is 5.41 Å². The summed E-state index contributed by atoms with van der Waals surface area (Å²) < 4.78 is 0. The van der Waals surface area contributed by atoms with Gasteiger partial charge in [0.2, 0.25) is 0 Å². The first-order valence-corrected chi connectivity index (χ1v) is 23.2. The van der Waals surface area contributed by atoms with Gasteiger partial charge in [-0.25, -0.2) is 4.98 Å². The lowest BCUT2D eigenvalue weighted by Crippen LogP contribution is -2.25. The topological polar surface area (TPSA) is 12.9 Å². The number of hydrogen-bond acceptors (Lipinski definition) is 1. The van der Waals surface area contributed by atoms with Crippen LogP contribution in [0.5, 0.6) is 0 Å². The first kappa shape index (κ1) is 38.8. The quantitative estimate of drug-likeness (QED) is 0.156. The van der Waals surface area contributed by atoms with Crippen molar-refractivity contribution in [1.82, 2.24) is 4.98 Å². The van der Waals surface area contributed by atoms with Crippen LogP contribution in [0.4, 0.5) is 0 Å². The molecule has 0 unspecified atom stereocenters. The van der Waals surface area contributed by atoms with Gasteiger partial charge < -0.3 is 0 Å². The maximum absolute atomic E-state index is 5.33. The van der Waals surface area contributed by atoms with Crippen LogP contribution in [0.2, 0.25) is 0 Å². The highest BCUT2D eigenvalue weighted by Gasteiger charge is 2.51. The minimum absolute atomic E-state index is 0.431. The zero-order valence-corrected chi connectivity index (χ0v) is 36.8. The average molecular weight is 850 g/mol. The molecule has 1 nitrogen and oxygen atoms in total. The van der Waals surface area contributed by atoms with Crippen molar-refractivity contribution >= 4 is 0 Å². The third-order valence-electron chi connectivity index (χ3n) is 14.1. The molecule has 11 aromatic rings. The molecule has 0 saturated heterocycles. The van der Waals surface area contributed by atoms with Gasteiger partial charge in [0.25, 0.3) is 0 Å². The van der Waals surface area contributed by atoms with Crippen molar-refractivity contribution in [3.8, 4) is 100 Å². The Balaban J connectivity index is 0.952. The Kier molecular flexibility index (Phi) is 9.15. The van der Waals surface area contributed by atoms with Crippen LogP contribution in [-0.4, -0.2) is 4.98 Å². The molecule has 13 rings (SSSR count). The van der Waals surface area contributed by atoms with E-state index in [0.717, 1.165) is 44.8 Å². The van der Waals surface area contributed by atoms with Gasteiger partial charge in [0.05, 0.1) is 16.8 Å². The summed E-state index contributed by atoms with van der Waals surface area (Å²) in [5.74, 6) is 0. The molecular weight excluding hydrogens is 807 g/mol. The van der Waals surface area contributed by atoms with Crippen molar-refractivity contribution in [2.24, 2.45) is 0 Å². The Morgan fingerprint density at radius 3 is 1.16 bits per heavy atom. The first-order chi connectivity index (χ1) is 33.2. The Labute approximate surface area is 392 Å². The van der Waals surface area contributed by atoms with Gasteiger partial charge in [0.15, 0.2) is 0 Å². The van der Waals surface area contributed by atoms with Gasteiger partial charge in [0.1, 0.15) is 0 Å². The third kappa shape index (κ3) is 6.35. The van der Waals surface area contributed by atoms with Gasteiger partial charge >= 0.3 is 0 Å². The molecule has 0 saturated carbocycles. The molecule has 67 heavy (non-hydrogen) atoms. The molecular formula is C66H43N. The Bertz CT molecular complexity index is 3620. The van der Waals surface area contributed by atoms with E-state index in [1.54, 1.807) is 0 Å². The summed E-state index contributed by atoms with van der Waals surface area (Å²) in [5.41, 5.74) is 26.1. The normalized spacial score (nSPS) is 12.6. The highest BCUT2D eigenvalue weighted by atomic mass is 14.7. The number of nitrogens with zero attached hydrogens (tertiary/aromatic N) is 1. The van der Waals surface area contributed by atoms with E-state index >= 15 is 0 Å². The zero-order chi connectivity index (χ0) is 44.3. The summed E-state index contributed by atoms with van der Waals surface area (Å²) in [6.45, 7) is 0. The van der Waals surface area contributed by atoms with Crippen molar-refractivity contribution in [2.75, 3.05) is 0 Å². The molecule has 0 amide bonds. The van der Waals surface area contributed by atoms with Crippen LogP contribution in [0.25, 0.3) is 100 Å².